The molecule has 4 nitrogen and oxygen atoms in total. The van der Waals surface area contributed by atoms with Crippen molar-refractivity contribution in [1.29, 1.82) is 0 Å². The molecule has 1 saturated heterocycles. The number of carbonyl (C=O) groups is 1. The zero-order valence-corrected chi connectivity index (χ0v) is 14.5. The molecule has 2 heterocycles. The van der Waals surface area contributed by atoms with E-state index in [1.165, 1.54) is 0 Å². The van der Waals surface area contributed by atoms with Gasteiger partial charge in [-0.15, -0.1) is 11.3 Å². The second-order valence-electron chi connectivity index (χ2n) is 6.39. The zero-order valence-electron chi connectivity index (χ0n) is 13.7. The summed E-state index contributed by atoms with van der Waals surface area (Å²) >= 11 is 1.61. The lowest BCUT2D eigenvalue weighted by atomic mass is 9.92. The van der Waals surface area contributed by atoms with Crippen molar-refractivity contribution in [2.24, 2.45) is 11.7 Å². The monoisotopic (exact) mass is 329 g/mol. The first-order chi connectivity index (χ1) is 11.0. The highest BCUT2D eigenvalue weighted by atomic mass is 32.1. The average molecular weight is 329 g/mol. The van der Waals surface area contributed by atoms with Gasteiger partial charge in [0.25, 0.3) is 5.91 Å². The summed E-state index contributed by atoms with van der Waals surface area (Å²) in [6, 6.07) is 7.93. The molecule has 2 N–H and O–H groups in total. The van der Waals surface area contributed by atoms with Crippen molar-refractivity contribution in [1.82, 2.24) is 9.88 Å². The Morgan fingerprint density at radius 2 is 2.30 bits per heavy atom. The van der Waals surface area contributed by atoms with E-state index in [0.717, 1.165) is 47.8 Å². The molecule has 2 unspecified atom stereocenters. The van der Waals surface area contributed by atoms with Crippen LogP contribution < -0.4 is 5.73 Å². The summed E-state index contributed by atoms with van der Waals surface area (Å²) in [5.41, 5.74) is 8.78. The lowest BCUT2D eigenvalue weighted by Gasteiger charge is -2.34. The van der Waals surface area contributed by atoms with E-state index >= 15 is 0 Å². The lowest BCUT2D eigenvalue weighted by Crippen LogP contribution is -2.45. The van der Waals surface area contributed by atoms with E-state index in [1.807, 2.05) is 48.4 Å². The van der Waals surface area contributed by atoms with Crippen LogP contribution in [-0.2, 0) is 0 Å². The Kier molecular flexibility index (Phi) is 4.78. The van der Waals surface area contributed by atoms with Crippen LogP contribution in [0.3, 0.4) is 0 Å². The number of benzene rings is 1. The van der Waals surface area contributed by atoms with Gasteiger partial charge in [-0.05, 0) is 44.7 Å². The highest BCUT2D eigenvalue weighted by Crippen LogP contribution is 2.26. The number of aryl methyl sites for hydroxylation is 1. The molecule has 1 aliphatic rings. The minimum Gasteiger partial charge on any atom is -0.338 e. The van der Waals surface area contributed by atoms with Gasteiger partial charge in [-0.3, -0.25) is 4.79 Å². The van der Waals surface area contributed by atoms with Crippen LogP contribution in [0.4, 0.5) is 0 Å². The largest absolute Gasteiger partial charge is 0.338 e. The number of thiazole rings is 1. The predicted molar refractivity (Wildman–Crippen MR) is 94.6 cm³/mol. The Labute approximate surface area is 141 Å². The van der Waals surface area contributed by atoms with E-state index in [2.05, 4.69) is 4.98 Å². The quantitative estimate of drug-likeness (QED) is 0.940. The summed E-state index contributed by atoms with van der Waals surface area (Å²) in [4.78, 5) is 19.3. The van der Waals surface area contributed by atoms with Gasteiger partial charge in [-0.2, -0.15) is 0 Å². The van der Waals surface area contributed by atoms with Crippen LogP contribution in [0.2, 0.25) is 0 Å². The van der Waals surface area contributed by atoms with E-state index in [9.17, 15) is 4.79 Å². The van der Waals surface area contributed by atoms with Crippen molar-refractivity contribution in [3.63, 3.8) is 0 Å². The SMILES string of the molecule is Cc1csc(-c2cccc(C(=O)N3CCCC(C(C)N)C3)c2)n1. The van der Waals surface area contributed by atoms with Crippen LogP contribution in [-0.4, -0.2) is 34.9 Å². The Hall–Kier alpha value is -1.72. The van der Waals surface area contributed by atoms with Crippen LogP contribution in [0.15, 0.2) is 29.6 Å². The number of carbonyl (C=O) groups excluding carboxylic acids is 1. The number of amides is 1. The van der Waals surface area contributed by atoms with Gasteiger partial charge in [0.15, 0.2) is 0 Å². The summed E-state index contributed by atoms with van der Waals surface area (Å²) in [7, 11) is 0. The molecule has 1 amide bonds. The summed E-state index contributed by atoms with van der Waals surface area (Å²) < 4.78 is 0. The number of hydrogen-bond acceptors (Lipinski definition) is 4. The number of hydrogen-bond donors (Lipinski definition) is 1. The number of piperidine rings is 1. The summed E-state index contributed by atoms with van der Waals surface area (Å²) in [5.74, 6) is 0.503. The minimum absolute atomic E-state index is 0.102. The van der Waals surface area contributed by atoms with Gasteiger partial charge < -0.3 is 10.6 Å². The van der Waals surface area contributed by atoms with Crippen LogP contribution in [0.25, 0.3) is 10.6 Å². The molecule has 1 fully saturated rings. The molecular weight excluding hydrogens is 306 g/mol. The highest BCUT2D eigenvalue weighted by Gasteiger charge is 2.26. The maximum atomic E-state index is 12.8. The first-order valence-electron chi connectivity index (χ1n) is 8.12. The lowest BCUT2D eigenvalue weighted by molar-refractivity contribution is 0.0661. The minimum atomic E-state index is 0.102. The molecule has 1 aromatic heterocycles. The van der Waals surface area contributed by atoms with Gasteiger partial charge in [-0.25, -0.2) is 4.98 Å². The van der Waals surface area contributed by atoms with Crippen molar-refractivity contribution in [2.75, 3.05) is 13.1 Å². The molecule has 0 radical (unpaired) electrons. The van der Waals surface area contributed by atoms with E-state index in [1.54, 1.807) is 11.3 Å². The predicted octanol–water partition coefficient (Wildman–Crippen LogP) is 3.32. The molecule has 0 bridgehead atoms. The Bertz CT molecular complexity index is 695. The van der Waals surface area contributed by atoms with Gasteiger partial charge in [0.2, 0.25) is 0 Å². The average Bonchev–Trinajstić information content (AvgIpc) is 3.01. The molecule has 0 aliphatic carbocycles. The van der Waals surface area contributed by atoms with Crippen molar-refractivity contribution in [2.45, 2.75) is 32.7 Å². The van der Waals surface area contributed by atoms with Crippen molar-refractivity contribution < 1.29 is 4.79 Å². The standard InChI is InChI=1S/C18H23N3OS/c1-12-11-23-17(20-12)14-5-3-6-15(9-14)18(22)21-8-4-7-16(10-21)13(2)19/h3,5-6,9,11,13,16H,4,7-8,10,19H2,1-2H3. The summed E-state index contributed by atoms with van der Waals surface area (Å²) in [6.45, 7) is 5.60. The third-order valence-corrected chi connectivity index (χ3v) is 5.47. The number of likely N-dealkylation sites (tertiary alicyclic amines) is 1. The molecule has 1 aromatic carbocycles. The second-order valence-corrected chi connectivity index (χ2v) is 7.25. The molecule has 2 atom stereocenters. The van der Waals surface area contributed by atoms with Crippen LogP contribution in [0.1, 0.15) is 35.8 Å². The Morgan fingerprint density at radius 1 is 1.48 bits per heavy atom. The molecule has 5 heteroatoms. The van der Waals surface area contributed by atoms with E-state index in [4.69, 9.17) is 5.73 Å². The number of aromatic nitrogens is 1. The van der Waals surface area contributed by atoms with Gasteiger partial charge >= 0.3 is 0 Å². The first kappa shape index (κ1) is 16.1. The number of nitrogens with two attached hydrogens (primary N) is 1. The van der Waals surface area contributed by atoms with E-state index < -0.39 is 0 Å². The van der Waals surface area contributed by atoms with Gasteiger partial charge in [0.1, 0.15) is 5.01 Å². The maximum absolute atomic E-state index is 12.8. The summed E-state index contributed by atoms with van der Waals surface area (Å²) in [6.07, 6.45) is 2.14. The molecule has 2 aromatic rings. The third kappa shape index (κ3) is 3.62. The maximum Gasteiger partial charge on any atom is 0.253 e. The van der Waals surface area contributed by atoms with Crippen molar-refractivity contribution in [3.05, 3.63) is 40.9 Å². The van der Waals surface area contributed by atoms with E-state index in [-0.39, 0.29) is 11.9 Å². The fourth-order valence-electron chi connectivity index (χ4n) is 3.08. The Balaban J connectivity index is 1.80. The van der Waals surface area contributed by atoms with Gasteiger partial charge in [0, 0.05) is 41.3 Å². The molecule has 3 rings (SSSR count). The smallest absolute Gasteiger partial charge is 0.253 e. The van der Waals surface area contributed by atoms with Crippen molar-refractivity contribution >= 4 is 17.2 Å². The van der Waals surface area contributed by atoms with Crippen LogP contribution in [0.5, 0.6) is 0 Å². The van der Waals surface area contributed by atoms with Crippen molar-refractivity contribution in [3.8, 4) is 10.6 Å². The molecule has 0 saturated carbocycles. The Morgan fingerprint density at radius 3 is 3.00 bits per heavy atom. The first-order valence-corrected chi connectivity index (χ1v) is 9.00. The third-order valence-electron chi connectivity index (χ3n) is 4.46. The molecule has 122 valence electrons. The van der Waals surface area contributed by atoms with Crippen LogP contribution in [0, 0.1) is 12.8 Å². The topological polar surface area (TPSA) is 59.2 Å². The zero-order chi connectivity index (χ0) is 16.4. The van der Waals surface area contributed by atoms with E-state index in [0.29, 0.717) is 5.92 Å². The fraction of sp³-hybridized carbons (Fsp3) is 0.444. The summed E-state index contributed by atoms with van der Waals surface area (Å²) in [5, 5.41) is 2.99. The highest BCUT2D eigenvalue weighted by molar-refractivity contribution is 7.13. The number of rotatable bonds is 3. The fourth-order valence-corrected chi connectivity index (χ4v) is 3.87. The second kappa shape index (κ2) is 6.81. The normalized spacial score (nSPS) is 19.6. The molecule has 1 aliphatic heterocycles. The van der Waals surface area contributed by atoms with Gasteiger partial charge in [-0.1, -0.05) is 12.1 Å². The molecule has 23 heavy (non-hydrogen) atoms. The number of nitrogens with zero attached hydrogens (tertiary/aromatic N) is 2. The van der Waals surface area contributed by atoms with Gasteiger partial charge in [0.05, 0.1) is 0 Å². The van der Waals surface area contributed by atoms with Crippen LogP contribution >= 0.6 is 11.3 Å². The molecule has 0 spiro atoms. The molecular formula is C18H23N3OS.